The first-order chi connectivity index (χ1) is 8.56. The predicted octanol–water partition coefficient (Wildman–Crippen LogP) is 1.71. The SMILES string of the molecule is Cc1ccc(CNC(=O)C2CCC(C(=O)O)C2)o1. The monoisotopic (exact) mass is 251 g/mol. The van der Waals surface area contributed by atoms with Crippen LogP contribution in [-0.2, 0) is 16.1 Å². The van der Waals surface area contributed by atoms with Gasteiger partial charge in [-0.25, -0.2) is 0 Å². The fourth-order valence-electron chi connectivity index (χ4n) is 2.34. The Hall–Kier alpha value is -1.78. The molecule has 98 valence electrons. The van der Waals surface area contributed by atoms with Crippen LogP contribution in [0.2, 0.25) is 0 Å². The molecule has 0 aromatic carbocycles. The summed E-state index contributed by atoms with van der Waals surface area (Å²) < 4.78 is 5.35. The zero-order valence-corrected chi connectivity index (χ0v) is 10.3. The number of carboxylic acids is 1. The molecule has 2 N–H and O–H groups in total. The highest BCUT2D eigenvalue weighted by atomic mass is 16.4. The van der Waals surface area contributed by atoms with Gasteiger partial charge in [0.05, 0.1) is 12.5 Å². The lowest BCUT2D eigenvalue weighted by Crippen LogP contribution is -2.29. The Labute approximate surface area is 105 Å². The van der Waals surface area contributed by atoms with E-state index in [2.05, 4.69) is 5.32 Å². The molecule has 0 bridgehead atoms. The fourth-order valence-corrected chi connectivity index (χ4v) is 2.34. The normalized spacial score (nSPS) is 22.9. The molecule has 2 atom stereocenters. The third-order valence-electron chi connectivity index (χ3n) is 3.39. The molecule has 1 amide bonds. The van der Waals surface area contributed by atoms with Crippen LogP contribution in [0.15, 0.2) is 16.5 Å². The van der Waals surface area contributed by atoms with E-state index < -0.39 is 5.97 Å². The maximum atomic E-state index is 11.8. The van der Waals surface area contributed by atoms with Crippen molar-refractivity contribution in [1.82, 2.24) is 5.32 Å². The largest absolute Gasteiger partial charge is 0.481 e. The maximum Gasteiger partial charge on any atom is 0.306 e. The number of aliphatic carboxylic acids is 1. The molecule has 1 fully saturated rings. The molecule has 1 heterocycles. The topological polar surface area (TPSA) is 79.5 Å². The Bertz CT molecular complexity index is 452. The van der Waals surface area contributed by atoms with Crippen LogP contribution >= 0.6 is 0 Å². The van der Waals surface area contributed by atoms with Gasteiger partial charge in [0.25, 0.3) is 0 Å². The number of nitrogens with one attached hydrogen (secondary N) is 1. The number of hydrogen-bond donors (Lipinski definition) is 2. The summed E-state index contributed by atoms with van der Waals surface area (Å²) in [5, 5.41) is 11.7. The van der Waals surface area contributed by atoms with E-state index in [0.717, 1.165) is 5.76 Å². The second-order valence-corrected chi connectivity index (χ2v) is 4.78. The maximum absolute atomic E-state index is 11.8. The van der Waals surface area contributed by atoms with E-state index in [1.807, 2.05) is 19.1 Å². The fraction of sp³-hybridized carbons (Fsp3) is 0.538. The lowest BCUT2D eigenvalue weighted by atomic mass is 10.0. The minimum atomic E-state index is -0.799. The van der Waals surface area contributed by atoms with E-state index in [-0.39, 0.29) is 17.7 Å². The van der Waals surface area contributed by atoms with Crippen LogP contribution in [0, 0.1) is 18.8 Å². The smallest absolute Gasteiger partial charge is 0.306 e. The molecule has 5 nitrogen and oxygen atoms in total. The molecule has 1 aliphatic rings. The van der Waals surface area contributed by atoms with Gasteiger partial charge in [0.15, 0.2) is 0 Å². The number of aryl methyl sites for hydroxylation is 1. The molecule has 2 unspecified atom stereocenters. The van der Waals surface area contributed by atoms with Crippen LogP contribution in [0.1, 0.15) is 30.8 Å². The van der Waals surface area contributed by atoms with Crippen LogP contribution in [-0.4, -0.2) is 17.0 Å². The number of carboxylic acid groups (broad SMARTS) is 1. The third kappa shape index (κ3) is 2.91. The summed E-state index contributed by atoms with van der Waals surface area (Å²) in [7, 11) is 0. The Morgan fingerprint density at radius 3 is 2.67 bits per heavy atom. The third-order valence-corrected chi connectivity index (χ3v) is 3.39. The summed E-state index contributed by atoms with van der Waals surface area (Å²) in [6, 6.07) is 3.67. The Morgan fingerprint density at radius 1 is 1.39 bits per heavy atom. The Kier molecular flexibility index (Phi) is 3.69. The minimum Gasteiger partial charge on any atom is -0.481 e. The van der Waals surface area contributed by atoms with Crippen LogP contribution < -0.4 is 5.32 Å². The quantitative estimate of drug-likeness (QED) is 0.853. The lowest BCUT2D eigenvalue weighted by Gasteiger charge is -2.09. The van der Waals surface area contributed by atoms with Crippen molar-refractivity contribution < 1.29 is 19.1 Å². The van der Waals surface area contributed by atoms with E-state index in [0.29, 0.717) is 31.6 Å². The Morgan fingerprint density at radius 2 is 2.11 bits per heavy atom. The van der Waals surface area contributed by atoms with Gasteiger partial charge in [-0.2, -0.15) is 0 Å². The van der Waals surface area contributed by atoms with Gasteiger partial charge in [-0.05, 0) is 38.3 Å². The van der Waals surface area contributed by atoms with Gasteiger partial charge in [-0.1, -0.05) is 0 Å². The number of amides is 1. The zero-order chi connectivity index (χ0) is 13.1. The van der Waals surface area contributed by atoms with Crippen molar-refractivity contribution in [3.05, 3.63) is 23.7 Å². The average Bonchev–Trinajstić information content (AvgIpc) is 2.94. The van der Waals surface area contributed by atoms with Crippen molar-refractivity contribution in [2.45, 2.75) is 32.7 Å². The average molecular weight is 251 g/mol. The summed E-state index contributed by atoms with van der Waals surface area (Å²) in [4.78, 5) is 22.7. The summed E-state index contributed by atoms with van der Waals surface area (Å²) in [6.07, 6.45) is 1.69. The summed E-state index contributed by atoms with van der Waals surface area (Å²) in [5.74, 6) is 0.105. The summed E-state index contributed by atoms with van der Waals surface area (Å²) in [6.45, 7) is 2.21. The molecule has 1 aromatic heterocycles. The molecule has 1 aliphatic carbocycles. The van der Waals surface area contributed by atoms with E-state index in [4.69, 9.17) is 9.52 Å². The van der Waals surface area contributed by atoms with Crippen molar-refractivity contribution in [2.75, 3.05) is 0 Å². The van der Waals surface area contributed by atoms with Gasteiger partial charge >= 0.3 is 5.97 Å². The van der Waals surface area contributed by atoms with Crippen LogP contribution in [0.4, 0.5) is 0 Å². The van der Waals surface area contributed by atoms with Gasteiger partial charge in [0, 0.05) is 5.92 Å². The van der Waals surface area contributed by atoms with E-state index >= 15 is 0 Å². The van der Waals surface area contributed by atoms with E-state index in [9.17, 15) is 9.59 Å². The van der Waals surface area contributed by atoms with Crippen molar-refractivity contribution in [1.29, 1.82) is 0 Å². The molecule has 1 aromatic rings. The molecule has 2 rings (SSSR count). The molecular formula is C13H17NO4. The van der Waals surface area contributed by atoms with Gasteiger partial charge in [0.2, 0.25) is 5.91 Å². The van der Waals surface area contributed by atoms with Crippen molar-refractivity contribution >= 4 is 11.9 Å². The second-order valence-electron chi connectivity index (χ2n) is 4.78. The zero-order valence-electron chi connectivity index (χ0n) is 10.3. The van der Waals surface area contributed by atoms with E-state index in [1.54, 1.807) is 0 Å². The Balaban J connectivity index is 1.80. The van der Waals surface area contributed by atoms with Crippen molar-refractivity contribution in [3.63, 3.8) is 0 Å². The molecule has 0 spiro atoms. The molecule has 0 saturated heterocycles. The molecule has 0 radical (unpaired) electrons. The van der Waals surface area contributed by atoms with Gasteiger partial charge in [0.1, 0.15) is 11.5 Å². The summed E-state index contributed by atoms with van der Waals surface area (Å²) >= 11 is 0. The minimum absolute atomic E-state index is 0.0761. The van der Waals surface area contributed by atoms with Crippen molar-refractivity contribution in [2.24, 2.45) is 11.8 Å². The highest BCUT2D eigenvalue weighted by molar-refractivity contribution is 5.80. The molecule has 1 saturated carbocycles. The van der Waals surface area contributed by atoms with Crippen LogP contribution in [0.25, 0.3) is 0 Å². The molecule has 18 heavy (non-hydrogen) atoms. The number of furan rings is 1. The summed E-state index contributed by atoms with van der Waals surface area (Å²) in [5.41, 5.74) is 0. The first-order valence-corrected chi connectivity index (χ1v) is 6.12. The van der Waals surface area contributed by atoms with Gasteiger partial charge in [-0.3, -0.25) is 9.59 Å². The molecule has 0 aliphatic heterocycles. The molecule has 5 heteroatoms. The standard InChI is InChI=1S/C13H17NO4/c1-8-2-5-11(18-8)7-14-12(15)9-3-4-10(6-9)13(16)17/h2,5,9-10H,3-4,6-7H2,1H3,(H,14,15)(H,16,17). The first-order valence-electron chi connectivity index (χ1n) is 6.12. The number of carbonyl (C=O) groups is 2. The second kappa shape index (κ2) is 5.25. The first kappa shape index (κ1) is 12.7. The molecular weight excluding hydrogens is 234 g/mol. The van der Waals surface area contributed by atoms with Crippen LogP contribution in [0.5, 0.6) is 0 Å². The van der Waals surface area contributed by atoms with Crippen LogP contribution in [0.3, 0.4) is 0 Å². The number of hydrogen-bond acceptors (Lipinski definition) is 3. The van der Waals surface area contributed by atoms with Crippen molar-refractivity contribution in [3.8, 4) is 0 Å². The lowest BCUT2D eigenvalue weighted by molar-refractivity contribution is -0.141. The van der Waals surface area contributed by atoms with Gasteiger partial charge < -0.3 is 14.8 Å². The number of rotatable bonds is 4. The highest BCUT2D eigenvalue weighted by Gasteiger charge is 2.33. The van der Waals surface area contributed by atoms with E-state index in [1.165, 1.54) is 0 Å². The predicted molar refractivity (Wildman–Crippen MR) is 63.8 cm³/mol. The highest BCUT2D eigenvalue weighted by Crippen LogP contribution is 2.31. The van der Waals surface area contributed by atoms with Gasteiger partial charge in [-0.15, -0.1) is 0 Å². The number of carbonyl (C=O) groups excluding carboxylic acids is 1.